The zero-order chi connectivity index (χ0) is 38.0. The Morgan fingerprint density at radius 2 is 1.51 bits per heavy atom. The van der Waals surface area contributed by atoms with Crippen LogP contribution in [-0.2, 0) is 49.6 Å². The maximum Gasteiger partial charge on any atom is 0.164 e. The molecule has 0 saturated heterocycles. The van der Waals surface area contributed by atoms with Gasteiger partial charge in [0.15, 0.2) is 5.78 Å². The maximum atomic E-state index is 12.2. The number of ketones is 1. The van der Waals surface area contributed by atoms with Gasteiger partial charge in [0, 0.05) is 70.2 Å². The molecule has 1 N–H and O–H groups in total. The molecule has 5 aromatic rings. The second-order valence-electron chi connectivity index (χ2n) is 16.6. The van der Waals surface area contributed by atoms with Crippen LogP contribution in [0.4, 0.5) is 0 Å². The van der Waals surface area contributed by atoms with Crippen molar-refractivity contribution in [1.29, 1.82) is 0 Å². The van der Waals surface area contributed by atoms with Crippen LogP contribution in [0, 0.1) is 22.8 Å². The van der Waals surface area contributed by atoms with Crippen molar-refractivity contribution in [2.75, 3.05) is 0 Å². The van der Waals surface area contributed by atoms with Gasteiger partial charge < -0.3 is 5.11 Å². The molecule has 1 radical (unpaired) electrons. The first-order chi connectivity index (χ1) is 24.6. The predicted octanol–water partition coefficient (Wildman–Crippen LogP) is 13.2. The molecule has 0 amide bonds. The van der Waals surface area contributed by atoms with Crippen molar-refractivity contribution in [1.82, 2.24) is 9.97 Å². The number of nitrogens with zero attached hydrogens (tertiary/aromatic N) is 2. The molecule has 0 fully saturated rings. The van der Waals surface area contributed by atoms with E-state index in [0.717, 1.165) is 61.6 Å². The van der Waals surface area contributed by atoms with Gasteiger partial charge in [0.05, 0.1) is 5.69 Å². The van der Waals surface area contributed by atoms with E-state index < -0.39 is 0 Å². The summed E-state index contributed by atoms with van der Waals surface area (Å²) in [4.78, 5) is 23.6. The smallest absolute Gasteiger partial charge is 0.164 e. The summed E-state index contributed by atoms with van der Waals surface area (Å²) in [5.41, 5.74) is 8.21. The van der Waals surface area contributed by atoms with Crippen LogP contribution in [0.15, 0.2) is 66.7 Å². The van der Waals surface area contributed by atoms with Crippen LogP contribution >= 0.6 is 11.3 Å². The average molecular weight is 908 g/mol. The number of aromatic nitrogens is 2. The van der Waals surface area contributed by atoms with Crippen LogP contribution in [-0.4, -0.2) is 20.9 Å². The Labute approximate surface area is 336 Å². The molecule has 0 bridgehead atoms. The Balaban J connectivity index is 0.000000299. The predicted molar refractivity (Wildman–Crippen MR) is 222 cm³/mol. The Hall–Kier alpha value is -3.18. The van der Waals surface area contributed by atoms with Gasteiger partial charge in [-0.05, 0) is 84.9 Å². The summed E-state index contributed by atoms with van der Waals surface area (Å²) in [6.45, 7) is 23.5. The van der Waals surface area contributed by atoms with Crippen LogP contribution in [0.5, 0.6) is 0 Å². The Kier molecular flexibility index (Phi) is 13.7. The first-order valence-corrected chi connectivity index (χ1v) is 20.2. The Bertz CT molecular complexity index is 2090. The number of aliphatic hydroxyl groups excluding tert-OH is 1. The van der Waals surface area contributed by atoms with E-state index >= 15 is 0 Å². The van der Waals surface area contributed by atoms with Gasteiger partial charge in [-0.3, -0.25) is 14.8 Å². The van der Waals surface area contributed by atoms with Gasteiger partial charge in [0.2, 0.25) is 0 Å². The SMILES string of the molecule is CC(C)Cc1ccnc2c1CCc1sc3ccnc(-c4[c-]c5ccccc5c(C(C)(C)C)c4)c3c1-2.CCC(C)(CC)C(=O)/C=C(\O)C(C)(CC)CC.[Ir]. The van der Waals surface area contributed by atoms with Crippen molar-refractivity contribution < 1.29 is 30.0 Å². The molecule has 0 atom stereocenters. The van der Waals surface area contributed by atoms with E-state index in [9.17, 15) is 9.90 Å². The normalized spacial score (nSPS) is 13.3. The molecule has 0 saturated carbocycles. The van der Waals surface area contributed by atoms with Crippen molar-refractivity contribution in [3.63, 3.8) is 0 Å². The summed E-state index contributed by atoms with van der Waals surface area (Å²) in [6, 6.07) is 19.1. The summed E-state index contributed by atoms with van der Waals surface area (Å²) in [5, 5.41) is 13.8. The van der Waals surface area contributed by atoms with E-state index in [1.807, 2.05) is 65.3 Å². The second-order valence-corrected chi connectivity index (χ2v) is 17.8. The molecular weight excluding hydrogens is 849 g/mol. The third-order valence-corrected chi connectivity index (χ3v) is 13.0. The number of hydrogen-bond donors (Lipinski definition) is 1. The van der Waals surface area contributed by atoms with Crippen molar-refractivity contribution >= 4 is 38.0 Å². The minimum atomic E-state index is -0.337. The van der Waals surface area contributed by atoms with Crippen molar-refractivity contribution in [2.45, 2.75) is 127 Å². The number of aliphatic hydroxyl groups is 1. The van der Waals surface area contributed by atoms with Crippen LogP contribution in [0.1, 0.15) is 123 Å². The van der Waals surface area contributed by atoms with Gasteiger partial charge in [-0.15, -0.1) is 40.5 Å². The molecule has 4 nitrogen and oxygen atoms in total. The first-order valence-electron chi connectivity index (χ1n) is 19.4. The second kappa shape index (κ2) is 17.1. The molecule has 6 rings (SSSR count). The molecule has 285 valence electrons. The zero-order valence-corrected chi connectivity index (χ0v) is 37.0. The number of hydrogen-bond acceptors (Lipinski definition) is 5. The molecule has 2 aromatic carbocycles. The number of allylic oxidation sites excluding steroid dienone is 2. The van der Waals surface area contributed by atoms with E-state index in [1.54, 1.807) is 0 Å². The fraction of sp³-hybridized carbons (Fsp3) is 0.468. The average Bonchev–Trinajstić information content (AvgIpc) is 3.53. The molecule has 1 aliphatic carbocycles. The van der Waals surface area contributed by atoms with E-state index in [0.29, 0.717) is 5.92 Å². The monoisotopic (exact) mass is 908 g/mol. The zero-order valence-electron chi connectivity index (χ0n) is 33.8. The summed E-state index contributed by atoms with van der Waals surface area (Å²) in [7, 11) is 0. The van der Waals surface area contributed by atoms with Crippen molar-refractivity contribution in [3.05, 3.63) is 94.3 Å². The van der Waals surface area contributed by atoms with E-state index in [-0.39, 0.29) is 47.9 Å². The molecule has 53 heavy (non-hydrogen) atoms. The van der Waals surface area contributed by atoms with Gasteiger partial charge in [-0.2, -0.15) is 0 Å². The summed E-state index contributed by atoms with van der Waals surface area (Å²) in [5.74, 6) is 0.913. The molecular formula is C47H59IrN2O2S-. The van der Waals surface area contributed by atoms with Crippen molar-refractivity contribution in [3.8, 4) is 22.5 Å². The summed E-state index contributed by atoms with van der Waals surface area (Å²) < 4.78 is 1.29. The van der Waals surface area contributed by atoms with E-state index in [4.69, 9.17) is 9.97 Å². The van der Waals surface area contributed by atoms with Gasteiger partial charge in [-0.1, -0.05) is 105 Å². The molecule has 1 aliphatic rings. The minimum absolute atomic E-state index is 0. The van der Waals surface area contributed by atoms with Gasteiger partial charge in [-0.25, -0.2) is 0 Å². The number of thiophene rings is 1. The third kappa shape index (κ3) is 8.71. The van der Waals surface area contributed by atoms with Crippen LogP contribution in [0.25, 0.3) is 43.4 Å². The van der Waals surface area contributed by atoms with Gasteiger partial charge in [0.25, 0.3) is 0 Å². The Morgan fingerprint density at radius 1 is 0.887 bits per heavy atom. The van der Waals surface area contributed by atoms with Crippen LogP contribution in [0.3, 0.4) is 0 Å². The van der Waals surface area contributed by atoms with Crippen LogP contribution in [0.2, 0.25) is 0 Å². The first kappa shape index (κ1) is 42.6. The number of fused-ring (bicyclic) bond motifs is 6. The van der Waals surface area contributed by atoms with Gasteiger partial charge in [0.1, 0.15) is 5.76 Å². The molecule has 3 aromatic heterocycles. The fourth-order valence-electron chi connectivity index (χ4n) is 7.28. The number of benzene rings is 2. The maximum absolute atomic E-state index is 12.2. The molecule has 0 spiro atoms. The number of aryl methyl sites for hydroxylation is 1. The summed E-state index contributed by atoms with van der Waals surface area (Å²) in [6.07, 6.45) is 12.0. The fourth-order valence-corrected chi connectivity index (χ4v) is 8.48. The topological polar surface area (TPSA) is 63.1 Å². The Morgan fingerprint density at radius 3 is 2.13 bits per heavy atom. The van der Waals surface area contributed by atoms with Gasteiger partial charge >= 0.3 is 0 Å². The minimum Gasteiger partial charge on any atom is -0.512 e. The number of rotatable bonds is 10. The number of pyridine rings is 2. The largest absolute Gasteiger partial charge is 0.512 e. The third-order valence-electron chi connectivity index (χ3n) is 11.7. The number of carbonyl (C=O) groups is 1. The van der Waals surface area contributed by atoms with Crippen molar-refractivity contribution in [2.24, 2.45) is 16.7 Å². The van der Waals surface area contributed by atoms with E-state index in [1.165, 1.54) is 54.4 Å². The number of carbonyl (C=O) groups excluding carboxylic acids is 1. The quantitative estimate of drug-likeness (QED) is 0.0861. The summed E-state index contributed by atoms with van der Waals surface area (Å²) >= 11 is 1.91. The molecule has 0 aliphatic heterocycles. The molecule has 0 unspecified atom stereocenters. The van der Waals surface area contributed by atoms with Crippen LogP contribution < -0.4 is 0 Å². The molecule has 6 heteroatoms. The molecule has 3 heterocycles. The van der Waals surface area contributed by atoms with E-state index in [2.05, 4.69) is 83.1 Å². The standard InChI is InChI=1S/C32H31N2S.C15H28O2.Ir/c1-19(2)16-21-12-14-34-31-24(21)10-11-26-29(31)28-27(35-26)13-15-33-30(28)22-17-20-8-6-7-9-23(20)25(18-22)32(3,4)5;1-7-14(5,8-2)12(16)11-13(17)15(6,9-3)10-4;/h6-9,12-15,18-19H,10-11,16H2,1-5H3;11,16H,7-10H2,1-6H3;/q-1;;/b;12-11-;.